The Hall–Kier alpha value is -0.960. The van der Waals surface area contributed by atoms with E-state index in [9.17, 15) is 8.42 Å². The van der Waals surface area contributed by atoms with Gasteiger partial charge in [-0.1, -0.05) is 0 Å². The van der Waals surface area contributed by atoms with Gasteiger partial charge in [-0.3, -0.25) is 4.68 Å². The predicted molar refractivity (Wildman–Crippen MR) is 80.9 cm³/mol. The van der Waals surface area contributed by atoms with Crippen molar-refractivity contribution in [3.8, 4) is 0 Å². The van der Waals surface area contributed by atoms with Crippen molar-refractivity contribution in [3.05, 3.63) is 18.5 Å². The van der Waals surface area contributed by atoms with E-state index in [0.717, 1.165) is 12.8 Å². The molecule has 7 nitrogen and oxygen atoms in total. The predicted octanol–water partition coefficient (Wildman–Crippen LogP) is 0.483. The van der Waals surface area contributed by atoms with Gasteiger partial charge in [0.2, 0.25) is 10.0 Å². The van der Waals surface area contributed by atoms with Crippen molar-refractivity contribution in [2.75, 3.05) is 32.1 Å². The maximum absolute atomic E-state index is 12.2. The molecule has 0 bridgehead atoms. The Balaban J connectivity index is 1.69. The highest BCUT2D eigenvalue weighted by Gasteiger charge is 2.45. The molecule has 1 spiro atoms. The molecule has 0 aromatic carbocycles. The zero-order valence-electron chi connectivity index (χ0n) is 12.8. The van der Waals surface area contributed by atoms with Crippen molar-refractivity contribution >= 4 is 10.0 Å². The van der Waals surface area contributed by atoms with E-state index in [4.69, 9.17) is 9.47 Å². The third-order valence-electron chi connectivity index (χ3n) is 4.36. The van der Waals surface area contributed by atoms with E-state index in [0.29, 0.717) is 32.8 Å². The van der Waals surface area contributed by atoms with Gasteiger partial charge < -0.3 is 9.47 Å². The zero-order chi connectivity index (χ0) is 15.6. The number of rotatable bonds is 4. The lowest BCUT2D eigenvalue weighted by Gasteiger charge is -2.31. The molecule has 0 saturated carbocycles. The lowest BCUT2D eigenvalue weighted by atomic mass is 10.0. The maximum atomic E-state index is 12.2. The molecule has 0 N–H and O–H groups in total. The first-order valence-electron chi connectivity index (χ1n) is 7.74. The Bertz CT molecular complexity index is 589. The molecule has 124 valence electrons. The SMILES string of the molecule is CCS(=O)(=O)N1CCOC[C@]2(CC[C@H](Cn3cccn3)O2)C1. The fraction of sp³-hybridized carbons (Fsp3) is 0.786. The van der Waals surface area contributed by atoms with Crippen LogP contribution in [0.3, 0.4) is 0 Å². The molecule has 22 heavy (non-hydrogen) atoms. The minimum atomic E-state index is -3.22. The first kappa shape index (κ1) is 15.9. The molecule has 2 atom stereocenters. The van der Waals surface area contributed by atoms with Crippen LogP contribution < -0.4 is 0 Å². The molecule has 0 radical (unpaired) electrons. The van der Waals surface area contributed by atoms with E-state index < -0.39 is 15.6 Å². The molecule has 0 aliphatic carbocycles. The Morgan fingerprint density at radius 1 is 1.45 bits per heavy atom. The fourth-order valence-electron chi connectivity index (χ4n) is 3.15. The lowest BCUT2D eigenvalue weighted by Crippen LogP contribution is -2.47. The van der Waals surface area contributed by atoms with Gasteiger partial charge in [0.05, 0.1) is 31.6 Å². The smallest absolute Gasteiger partial charge is 0.214 e. The van der Waals surface area contributed by atoms with Gasteiger partial charge in [0.25, 0.3) is 0 Å². The number of nitrogens with zero attached hydrogens (tertiary/aromatic N) is 3. The first-order valence-corrected chi connectivity index (χ1v) is 9.35. The molecule has 8 heteroatoms. The molecular weight excluding hydrogens is 306 g/mol. The van der Waals surface area contributed by atoms with E-state index in [1.54, 1.807) is 13.1 Å². The van der Waals surface area contributed by atoms with Gasteiger partial charge >= 0.3 is 0 Å². The number of hydrogen-bond donors (Lipinski definition) is 0. The second kappa shape index (κ2) is 6.27. The van der Waals surface area contributed by atoms with Crippen LogP contribution in [-0.2, 0) is 26.0 Å². The Labute approximate surface area is 131 Å². The number of hydrogen-bond acceptors (Lipinski definition) is 5. The molecule has 1 aromatic heterocycles. The zero-order valence-corrected chi connectivity index (χ0v) is 13.7. The molecule has 1 aromatic rings. The lowest BCUT2D eigenvalue weighted by molar-refractivity contribution is -0.0860. The van der Waals surface area contributed by atoms with Gasteiger partial charge in [-0.25, -0.2) is 8.42 Å². The molecule has 3 heterocycles. The van der Waals surface area contributed by atoms with Crippen molar-refractivity contribution in [3.63, 3.8) is 0 Å². The molecule has 2 saturated heterocycles. The van der Waals surface area contributed by atoms with Crippen LogP contribution in [0.1, 0.15) is 19.8 Å². The largest absolute Gasteiger partial charge is 0.377 e. The van der Waals surface area contributed by atoms with Crippen molar-refractivity contribution in [1.29, 1.82) is 0 Å². The van der Waals surface area contributed by atoms with Crippen molar-refractivity contribution < 1.29 is 17.9 Å². The van der Waals surface area contributed by atoms with Crippen LogP contribution in [0.5, 0.6) is 0 Å². The van der Waals surface area contributed by atoms with Crippen molar-refractivity contribution in [2.45, 2.75) is 38.0 Å². The standard InChI is InChI=1S/C14H23N3O4S/c1-2-22(18,19)17-8-9-20-12-14(11-17)5-4-13(21-14)10-16-7-3-6-15-16/h3,6-7,13H,2,4-5,8-12H2,1H3/t13-,14+/m1/s1. The second-order valence-electron chi connectivity index (χ2n) is 5.98. The van der Waals surface area contributed by atoms with E-state index in [2.05, 4.69) is 5.10 Å². The van der Waals surface area contributed by atoms with Crippen LogP contribution >= 0.6 is 0 Å². The molecule has 2 aliphatic heterocycles. The summed E-state index contributed by atoms with van der Waals surface area (Å²) in [7, 11) is -3.22. The van der Waals surface area contributed by atoms with Gasteiger partial charge in [-0.15, -0.1) is 0 Å². The summed E-state index contributed by atoms with van der Waals surface area (Å²) in [5, 5.41) is 4.20. The second-order valence-corrected chi connectivity index (χ2v) is 8.23. The van der Waals surface area contributed by atoms with E-state index in [1.165, 1.54) is 4.31 Å². The number of aromatic nitrogens is 2. The quantitative estimate of drug-likeness (QED) is 0.803. The third-order valence-corrected chi connectivity index (χ3v) is 6.19. The number of ether oxygens (including phenoxy) is 2. The van der Waals surface area contributed by atoms with Gasteiger partial charge in [0, 0.05) is 25.5 Å². The summed E-state index contributed by atoms with van der Waals surface area (Å²) in [6, 6.07) is 1.88. The highest BCUT2D eigenvalue weighted by Crippen LogP contribution is 2.34. The summed E-state index contributed by atoms with van der Waals surface area (Å²) >= 11 is 0. The monoisotopic (exact) mass is 329 g/mol. The van der Waals surface area contributed by atoms with Crippen LogP contribution in [0.2, 0.25) is 0 Å². The normalized spacial score (nSPS) is 30.7. The molecule has 2 fully saturated rings. The van der Waals surface area contributed by atoms with Crippen LogP contribution in [0.15, 0.2) is 18.5 Å². The minimum absolute atomic E-state index is 0.0489. The van der Waals surface area contributed by atoms with Crippen LogP contribution in [-0.4, -0.2) is 66.3 Å². The van der Waals surface area contributed by atoms with Crippen LogP contribution in [0.25, 0.3) is 0 Å². The van der Waals surface area contributed by atoms with Gasteiger partial charge in [-0.05, 0) is 25.8 Å². The van der Waals surface area contributed by atoms with Gasteiger partial charge in [0.1, 0.15) is 5.60 Å². The molecule has 2 aliphatic rings. The summed E-state index contributed by atoms with van der Waals surface area (Å²) in [5.41, 5.74) is -0.517. The summed E-state index contributed by atoms with van der Waals surface area (Å²) in [6.45, 7) is 4.04. The topological polar surface area (TPSA) is 73.7 Å². The maximum Gasteiger partial charge on any atom is 0.214 e. The van der Waals surface area contributed by atoms with Crippen molar-refractivity contribution in [2.24, 2.45) is 0 Å². The van der Waals surface area contributed by atoms with Crippen LogP contribution in [0.4, 0.5) is 0 Å². The summed E-state index contributed by atoms with van der Waals surface area (Å²) in [4.78, 5) is 0. The van der Waals surface area contributed by atoms with E-state index >= 15 is 0 Å². The van der Waals surface area contributed by atoms with E-state index in [1.807, 2.05) is 16.9 Å². The fourth-order valence-corrected chi connectivity index (χ4v) is 4.30. The number of sulfonamides is 1. The van der Waals surface area contributed by atoms with Crippen molar-refractivity contribution in [1.82, 2.24) is 14.1 Å². The Kier molecular flexibility index (Phi) is 4.54. The Morgan fingerprint density at radius 3 is 3.05 bits per heavy atom. The molecular formula is C14H23N3O4S. The molecule has 3 rings (SSSR count). The molecule has 0 unspecified atom stereocenters. The average molecular weight is 329 g/mol. The summed E-state index contributed by atoms with van der Waals surface area (Å²) in [5.74, 6) is 0.111. The van der Waals surface area contributed by atoms with Crippen LogP contribution in [0, 0.1) is 0 Å². The van der Waals surface area contributed by atoms with Gasteiger partial charge in [-0.2, -0.15) is 9.40 Å². The molecule has 0 amide bonds. The summed E-state index contributed by atoms with van der Waals surface area (Å²) < 4.78 is 39.6. The highest BCUT2D eigenvalue weighted by atomic mass is 32.2. The average Bonchev–Trinajstić information content (AvgIpc) is 3.07. The van der Waals surface area contributed by atoms with Gasteiger partial charge in [0.15, 0.2) is 0 Å². The first-order chi connectivity index (χ1) is 10.5. The Morgan fingerprint density at radius 2 is 2.32 bits per heavy atom. The third kappa shape index (κ3) is 3.34. The highest BCUT2D eigenvalue weighted by molar-refractivity contribution is 7.89. The summed E-state index contributed by atoms with van der Waals surface area (Å²) in [6.07, 6.45) is 5.41. The minimum Gasteiger partial charge on any atom is -0.377 e. The van der Waals surface area contributed by atoms with E-state index in [-0.39, 0.29) is 11.9 Å².